The minimum Gasteiger partial charge on any atom is -0.348 e. The lowest BCUT2D eigenvalue weighted by Crippen LogP contribution is -2.49. The van der Waals surface area contributed by atoms with Gasteiger partial charge in [0.1, 0.15) is 0 Å². The lowest BCUT2D eigenvalue weighted by atomic mass is 10.1. The highest BCUT2D eigenvalue weighted by atomic mass is 79.9. The normalized spacial score (nSPS) is 21.3. The van der Waals surface area contributed by atoms with E-state index in [1.54, 1.807) is 0 Å². The van der Waals surface area contributed by atoms with Crippen molar-refractivity contribution in [1.29, 1.82) is 0 Å². The molecule has 1 aromatic rings. The van der Waals surface area contributed by atoms with Crippen LogP contribution in [0.2, 0.25) is 0 Å². The van der Waals surface area contributed by atoms with Gasteiger partial charge in [-0.1, -0.05) is 34.1 Å². The van der Waals surface area contributed by atoms with E-state index >= 15 is 0 Å². The summed E-state index contributed by atoms with van der Waals surface area (Å²) in [7, 11) is 0. The molecule has 0 bridgehead atoms. The summed E-state index contributed by atoms with van der Waals surface area (Å²) in [6.45, 7) is 2.92. The van der Waals surface area contributed by atoms with Crippen molar-refractivity contribution in [2.45, 2.75) is 19.0 Å². The number of benzene rings is 1. The largest absolute Gasteiger partial charge is 0.348 e. The van der Waals surface area contributed by atoms with Gasteiger partial charge in [0.2, 0.25) is 5.91 Å². The first-order valence-corrected chi connectivity index (χ1v) is 7.99. The van der Waals surface area contributed by atoms with Crippen LogP contribution in [0.1, 0.15) is 18.5 Å². The van der Waals surface area contributed by atoms with E-state index in [0.29, 0.717) is 0 Å². The number of amides is 1. The zero-order chi connectivity index (χ0) is 13.0. The second kappa shape index (κ2) is 6.59. The van der Waals surface area contributed by atoms with Crippen LogP contribution in [0.3, 0.4) is 0 Å². The Morgan fingerprint density at radius 3 is 3.00 bits per heavy atom. The molecule has 1 aliphatic rings. The first-order chi connectivity index (χ1) is 8.68. The number of carbonyl (C=O) groups is 1. The summed E-state index contributed by atoms with van der Waals surface area (Å²) in [5.41, 5.74) is 1.11. The minimum atomic E-state index is -0.0614. The molecule has 1 heterocycles. The van der Waals surface area contributed by atoms with Gasteiger partial charge < -0.3 is 10.6 Å². The molecule has 2 N–H and O–H groups in total. The van der Waals surface area contributed by atoms with Gasteiger partial charge in [-0.2, -0.15) is 11.8 Å². The second-order valence-electron chi connectivity index (χ2n) is 4.33. The molecule has 3 nitrogen and oxygen atoms in total. The summed E-state index contributed by atoms with van der Waals surface area (Å²) >= 11 is 5.34. The second-order valence-corrected chi connectivity index (χ2v) is 6.34. The van der Waals surface area contributed by atoms with Crippen LogP contribution < -0.4 is 10.6 Å². The van der Waals surface area contributed by atoms with Crippen LogP contribution >= 0.6 is 27.7 Å². The average Bonchev–Trinajstić information content (AvgIpc) is 2.40. The highest BCUT2D eigenvalue weighted by molar-refractivity contribution is 9.10. The van der Waals surface area contributed by atoms with Gasteiger partial charge in [-0.05, 0) is 18.6 Å². The number of carbonyl (C=O) groups excluding carboxylic acids is 1. The maximum absolute atomic E-state index is 12.1. The first kappa shape index (κ1) is 13.9. The maximum Gasteiger partial charge on any atom is 0.238 e. The summed E-state index contributed by atoms with van der Waals surface area (Å²) in [5, 5.41) is 6.31. The third kappa shape index (κ3) is 3.49. The predicted octanol–water partition coefficient (Wildman–Crippen LogP) is 2.33. The molecule has 0 aromatic heterocycles. The number of hydrogen-bond acceptors (Lipinski definition) is 3. The molecule has 1 aliphatic heterocycles. The van der Waals surface area contributed by atoms with Crippen LogP contribution in [-0.2, 0) is 4.79 Å². The van der Waals surface area contributed by atoms with Crippen LogP contribution in [0.15, 0.2) is 28.7 Å². The lowest BCUT2D eigenvalue weighted by Gasteiger charge is -2.24. The van der Waals surface area contributed by atoms with Crippen molar-refractivity contribution in [3.05, 3.63) is 34.3 Å². The molecule has 2 atom stereocenters. The Balaban J connectivity index is 1.96. The van der Waals surface area contributed by atoms with Crippen molar-refractivity contribution in [3.63, 3.8) is 0 Å². The fourth-order valence-electron chi connectivity index (χ4n) is 1.95. The third-order valence-corrected chi connectivity index (χ3v) is 4.75. The minimum absolute atomic E-state index is 0.0156. The Bertz CT molecular complexity index is 421. The lowest BCUT2D eigenvalue weighted by molar-refractivity contribution is -0.123. The van der Waals surface area contributed by atoms with Crippen molar-refractivity contribution in [3.8, 4) is 0 Å². The summed E-state index contributed by atoms with van der Waals surface area (Å²) in [5.74, 6) is 2.03. The molecular formula is C13H17BrN2OS. The van der Waals surface area contributed by atoms with Crippen molar-refractivity contribution < 1.29 is 4.79 Å². The first-order valence-electron chi connectivity index (χ1n) is 6.04. The smallest absolute Gasteiger partial charge is 0.238 e. The molecule has 5 heteroatoms. The maximum atomic E-state index is 12.1. The molecule has 0 aliphatic carbocycles. The monoisotopic (exact) mass is 328 g/mol. The molecule has 0 saturated carbocycles. The van der Waals surface area contributed by atoms with Gasteiger partial charge in [0.05, 0.1) is 12.1 Å². The van der Waals surface area contributed by atoms with Gasteiger partial charge in [-0.3, -0.25) is 4.79 Å². The number of hydrogen-bond donors (Lipinski definition) is 2. The summed E-state index contributed by atoms with van der Waals surface area (Å²) in [6, 6.07) is 7.93. The molecule has 2 rings (SSSR count). The molecular weight excluding hydrogens is 312 g/mol. The molecule has 1 aromatic carbocycles. The Labute approximate surface area is 120 Å². The van der Waals surface area contributed by atoms with E-state index in [0.717, 1.165) is 28.1 Å². The van der Waals surface area contributed by atoms with Crippen LogP contribution in [0.5, 0.6) is 0 Å². The zero-order valence-corrected chi connectivity index (χ0v) is 12.7. The molecule has 18 heavy (non-hydrogen) atoms. The van der Waals surface area contributed by atoms with Crippen LogP contribution in [0.4, 0.5) is 0 Å². The van der Waals surface area contributed by atoms with E-state index in [-0.39, 0.29) is 18.0 Å². The van der Waals surface area contributed by atoms with E-state index in [1.165, 1.54) is 0 Å². The predicted molar refractivity (Wildman–Crippen MR) is 79.8 cm³/mol. The Kier molecular flexibility index (Phi) is 5.09. The van der Waals surface area contributed by atoms with E-state index in [9.17, 15) is 4.79 Å². The molecule has 1 amide bonds. The quantitative estimate of drug-likeness (QED) is 0.894. The van der Waals surface area contributed by atoms with Gasteiger partial charge >= 0.3 is 0 Å². The summed E-state index contributed by atoms with van der Waals surface area (Å²) < 4.78 is 1.03. The van der Waals surface area contributed by atoms with Crippen LogP contribution in [0.25, 0.3) is 0 Å². The number of nitrogens with one attached hydrogen (secondary N) is 2. The SMILES string of the molecule is C[C@H](NC(=O)C1CSCCN1)c1ccccc1Br. The van der Waals surface area contributed by atoms with E-state index < -0.39 is 0 Å². The zero-order valence-electron chi connectivity index (χ0n) is 10.3. The topological polar surface area (TPSA) is 41.1 Å². The van der Waals surface area contributed by atoms with Gasteiger partial charge in [-0.25, -0.2) is 0 Å². The molecule has 1 fully saturated rings. The van der Waals surface area contributed by atoms with Gasteiger partial charge in [-0.15, -0.1) is 0 Å². The highest BCUT2D eigenvalue weighted by Crippen LogP contribution is 2.22. The fourth-order valence-corrected chi connectivity index (χ4v) is 3.51. The molecule has 0 spiro atoms. The Morgan fingerprint density at radius 1 is 1.56 bits per heavy atom. The van der Waals surface area contributed by atoms with E-state index in [4.69, 9.17) is 0 Å². The standard InChI is InChI=1S/C13H17BrN2OS/c1-9(10-4-2-3-5-11(10)14)16-13(17)12-8-18-7-6-15-12/h2-5,9,12,15H,6-8H2,1H3,(H,16,17)/t9-,12?/m0/s1. The van der Waals surface area contributed by atoms with Crippen LogP contribution in [0, 0.1) is 0 Å². The van der Waals surface area contributed by atoms with Crippen molar-refractivity contribution >= 4 is 33.6 Å². The number of halogens is 1. The van der Waals surface area contributed by atoms with Crippen molar-refractivity contribution in [2.24, 2.45) is 0 Å². The molecule has 0 radical (unpaired) electrons. The van der Waals surface area contributed by atoms with Gasteiger partial charge in [0.25, 0.3) is 0 Å². The number of rotatable bonds is 3. The van der Waals surface area contributed by atoms with Crippen molar-refractivity contribution in [1.82, 2.24) is 10.6 Å². The van der Waals surface area contributed by atoms with E-state index in [2.05, 4.69) is 26.6 Å². The molecule has 1 unspecified atom stereocenters. The van der Waals surface area contributed by atoms with Crippen LogP contribution in [-0.4, -0.2) is 30.0 Å². The van der Waals surface area contributed by atoms with Gasteiger partial charge in [0, 0.05) is 22.5 Å². The van der Waals surface area contributed by atoms with Gasteiger partial charge in [0.15, 0.2) is 0 Å². The fraction of sp³-hybridized carbons (Fsp3) is 0.462. The third-order valence-electron chi connectivity index (χ3n) is 2.97. The van der Waals surface area contributed by atoms with E-state index in [1.807, 2.05) is 43.0 Å². The summed E-state index contributed by atoms with van der Waals surface area (Å²) in [6.07, 6.45) is 0. The number of thioether (sulfide) groups is 1. The highest BCUT2D eigenvalue weighted by Gasteiger charge is 2.22. The molecule has 1 saturated heterocycles. The van der Waals surface area contributed by atoms with Crippen molar-refractivity contribution in [2.75, 3.05) is 18.1 Å². The average molecular weight is 329 g/mol. The Morgan fingerprint density at radius 2 is 2.33 bits per heavy atom. The summed E-state index contributed by atoms with van der Waals surface area (Å²) in [4.78, 5) is 12.1. The Hall–Kier alpha value is -0.520. The molecule has 98 valence electrons.